The van der Waals surface area contributed by atoms with E-state index >= 15 is 0 Å². The third kappa shape index (κ3) is 3.89. The third-order valence-electron chi connectivity index (χ3n) is 2.51. The molecule has 0 saturated heterocycles. The summed E-state index contributed by atoms with van der Waals surface area (Å²) in [5.41, 5.74) is 0. The highest BCUT2D eigenvalue weighted by Crippen LogP contribution is 2.30. The molecular formula is C13H18O2S. The van der Waals surface area contributed by atoms with Gasteiger partial charge in [-0.3, -0.25) is 4.79 Å². The van der Waals surface area contributed by atoms with Gasteiger partial charge in [-0.25, -0.2) is 0 Å². The van der Waals surface area contributed by atoms with Crippen molar-refractivity contribution >= 4 is 17.7 Å². The highest BCUT2D eigenvalue weighted by Gasteiger charge is 2.24. The zero-order valence-corrected chi connectivity index (χ0v) is 10.5. The van der Waals surface area contributed by atoms with Gasteiger partial charge >= 0.3 is 5.97 Å². The second-order valence-electron chi connectivity index (χ2n) is 3.96. The molecule has 1 N–H and O–H groups in total. The van der Waals surface area contributed by atoms with Gasteiger partial charge in [-0.2, -0.15) is 0 Å². The molecule has 0 aliphatic heterocycles. The molecule has 0 saturated carbocycles. The van der Waals surface area contributed by atoms with Crippen molar-refractivity contribution in [2.75, 3.05) is 0 Å². The van der Waals surface area contributed by atoms with Gasteiger partial charge < -0.3 is 5.11 Å². The largest absolute Gasteiger partial charge is 0.480 e. The van der Waals surface area contributed by atoms with E-state index in [0.29, 0.717) is 0 Å². The highest BCUT2D eigenvalue weighted by molar-refractivity contribution is 8.00. The van der Waals surface area contributed by atoms with E-state index in [2.05, 4.69) is 6.92 Å². The SMILES string of the molecule is CCCC(C)C(Sc1ccccc1)C(=O)O. The lowest BCUT2D eigenvalue weighted by molar-refractivity contribution is -0.137. The summed E-state index contributed by atoms with van der Waals surface area (Å²) in [4.78, 5) is 12.2. The predicted octanol–water partition coefficient (Wildman–Crippen LogP) is 3.67. The van der Waals surface area contributed by atoms with E-state index in [1.54, 1.807) is 0 Å². The highest BCUT2D eigenvalue weighted by atomic mass is 32.2. The lowest BCUT2D eigenvalue weighted by Gasteiger charge is -2.18. The van der Waals surface area contributed by atoms with Crippen LogP contribution >= 0.6 is 11.8 Å². The molecule has 16 heavy (non-hydrogen) atoms. The summed E-state index contributed by atoms with van der Waals surface area (Å²) < 4.78 is 0. The van der Waals surface area contributed by atoms with Gasteiger partial charge in [-0.15, -0.1) is 11.8 Å². The molecule has 0 aromatic heterocycles. The minimum atomic E-state index is -0.713. The first-order valence-electron chi connectivity index (χ1n) is 5.59. The molecule has 1 aromatic rings. The van der Waals surface area contributed by atoms with Crippen LogP contribution in [0.2, 0.25) is 0 Å². The van der Waals surface area contributed by atoms with E-state index in [0.717, 1.165) is 17.7 Å². The first-order valence-corrected chi connectivity index (χ1v) is 6.47. The van der Waals surface area contributed by atoms with Gasteiger partial charge in [0, 0.05) is 4.90 Å². The molecule has 1 aromatic carbocycles. The van der Waals surface area contributed by atoms with E-state index in [9.17, 15) is 9.90 Å². The Morgan fingerprint density at radius 3 is 2.50 bits per heavy atom. The number of carboxylic acid groups (broad SMARTS) is 1. The number of aliphatic carboxylic acids is 1. The van der Waals surface area contributed by atoms with Crippen LogP contribution in [0.4, 0.5) is 0 Å². The van der Waals surface area contributed by atoms with Crippen molar-refractivity contribution < 1.29 is 9.90 Å². The van der Waals surface area contributed by atoms with Crippen molar-refractivity contribution in [1.82, 2.24) is 0 Å². The Labute approximate surface area is 101 Å². The van der Waals surface area contributed by atoms with E-state index < -0.39 is 5.97 Å². The normalized spacial score (nSPS) is 14.4. The summed E-state index contributed by atoms with van der Waals surface area (Å²) in [5, 5.41) is 8.87. The molecule has 2 unspecified atom stereocenters. The Bertz CT molecular complexity index is 324. The molecule has 0 aliphatic rings. The molecule has 0 heterocycles. The maximum Gasteiger partial charge on any atom is 0.317 e. The van der Waals surface area contributed by atoms with Crippen LogP contribution < -0.4 is 0 Å². The summed E-state index contributed by atoms with van der Waals surface area (Å²) >= 11 is 1.45. The lowest BCUT2D eigenvalue weighted by Crippen LogP contribution is -2.24. The number of rotatable bonds is 6. The van der Waals surface area contributed by atoms with Gasteiger partial charge in [-0.05, 0) is 24.5 Å². The van der Waals surface area contributed by atoms with Crippen LogP contribution in [0.15, 0.2) is 35.2 Å². The van der Waals surface area contributed by atoms with Crippen molar-refractivity contribution in [3.05, 3.63) is 30.3 Å². The number of carboxylic acids is 1. The Kier molecular flexibility index (Phi) is 5.39. The molecular weight excluding hydrogens is 220 g/mol. The molecule has 0 fully saturated rings. The maximum atomic E-state index is 11.2. The minimum absolute atomic E-state index is 0.202. The maximum absolute atomic E-state index is 11.2. The molecule has 0 spiro atoms. The fraction of sp³-hybridized carbons (Fsp3) is 0.462. The third-order valence-corrected chi connectivity index (χ3v) is 3.98. The fourth-order valence-corrected chi connectivity index (χ4v) is 2.74. The lowest BCUT2D eigenvalue weighted by atomic mass is 10.0. The van der Waals surface area contributed by atoms with Crippen LogP contribution in [-0.4, -0.2) is 16.3 Å². The number of hydrogen-bond acceptors (Lipinski definition) is 2. The molecule has 3 heteroatoms. The molecule has 0 bridgehead atoms. The van der Waals surface area contributed by atoms with Gasteiger partial charge in [0.15, 0.2) is 0 Å². The van der Waals surface area contributed by atoms with Crippen molar-refractivity contribution in [3.8, 4) is 0 Å². The van der Waals surface area contributed by atoms with Gasteiger partial charge in [0.1, 0.15) is 5.25 Å². The van der Waals surface area contributed by atoms with E-state index in [1.807, 2.05) is 37.3 Å². The second kappa shape index (κ2) is 6.59. The van der Waals surface area contributed by atoms with Gasteiger partial charge in [0.2, 0.25) is 0 Å². The van der Waals surface area contributed by atoms with Gasteiger partial charge in [-0.1, -0.05) is 38.5 Å². The zero-order valence-electron chi connectivity index (χ0n) is 9.72. The average molecular weight is 238 g/mol. The average Bonchev–Trinajstić information content (AvgIpc) is 2.27. The van der Waals surface area contributed by atoms with Crippen molar-refractivity contribution in [2.24, 2.45) is 5.92 Å². The Balaban J connectivity index is 2.69. The summed E-state index contributed by atoms with van der Waals surface area (Å²) in [6, 6.07) is 9.73. The second-order valence-corrected chi connectivity index (χ2v) is 5.17. The van der Waals surface area contributed by atoms with Crippen LogP contribution in [-0.2, 0) is 4.79 Å². The molecule has 0 aliphatic carbocycles. The van der Waals surface area contributed by atoms with E-state index in [4.69, 9.17) is 0 Å². The zero-order chi connectivity index (χ0) is 12.0. The molecule has 0 radical (unpaired) electrons. The van der Waals surface area contributed by atoms with Crippen molar-refractivity contribution in [1.29, 1.82) is 0 Å². The quantitative estimate of drug-likeness (QED) is 0.768. The molecule has 2 atom stereocenters. The Morgan fingerprint density at radius 1 is 1.38 bits per heavy atom. The smallest absolute Gasteiger partial charge is 0.317 e. The summed E-state index contributed by atoms with van der Waals surface area (Å²) in [6.45, 7) is 4.10. The standard InChI is InChI=1S/C13H18O2S/c1-3-7-10(2)12(13(14)15)16-11-8-5-4-6-9-11/h4-6,8-10,12H,3,7H2,1-2H3,(H,14,15). The number of benzene rings is 1. The molecule has 88 valence electrons. The van der Waals surface area contributed by atoms with Crippen LogP contribution in [0.25, 0.3) is 0 Å². The van der Waals surface area contributed by atoms with Crippen LogP contribution in [0.5, 0.6) is 0 Å². The minimum Gasteiger partial charge on any atom is -0.480 e. The topological polar surface area (TPSA) is 37.3 Å². The van der Waals surface area contributed by atoms with Gasteiger partial charge in [0.05, 0.1) is 0 Å². The first kappa shape index (κ1) is 13.1. The van der Waals surface area contributed by atoms with Crippen molar-refractivity contribution in [3.63, 3.8) is 0 Å². The van der Waals surface area contributed by atoms with Crippen LogP contribution in [0, 0.1) is 5.92 Å². The fourth-order valence-electron chi connectivity index (χ4n) is 1.66. The molecule has 1 rings (SSSR count). The number of thioether (sulfide) groups is 1. The monoisotopic (exact) mass is 238 g/mol. The van der Waals surface area contributed by atoms with Gasteiger partial charge in [0.25, 0.3) is 0 Å². The van der Waals surface area contributed by atoms with Crippen LogP contribution in [0.1, 0.15) is 26.7 Å². The van der Waals surface area contributed by atoms with E-state index in [1.165, 1.54) is 11.8 Å². The predicted molar refractivity (Wildman–Crippen MR) is 67.8 cm³/mol. The summed E-state index contributed by atoms with van der Waals surface area (Å²) in [6.07, 6.45) is 1.98. The Hall–Kier alpha value is -0.960. The first-order chi connectivity index (χ1) is 7.65. The van der Waals surface area contributed by atoms with E-state index in [-0.39, 0.29) is 11.2 Å². The van der Waals surface area contributed by atoms with Crippen molar-refractivity contribution in [2.45, 2.75) is 36.8 Å². The Morgan fingerprint density at radius 2 is 2.00 bits per heavy atom. The van der Waals surface area contributed by atoms with Crippen LogP contribution in [0.3, 0.4) is 0 Å². The summed E-state index contributed by atoms with van der Waals surface area (Å²) in [7, 11) is 0. The molecule has 0 amide bonds. The number of hydrogen-bond donors (Lipinski definition) is 1. The number of carbonyl (C=O) groups is 1. The summed E-state index contributed by atoms with van der Waals surface area (Å²) in [5.74, 6) is -0.512. The molecule has 2 nitrogen and oxygen atoms in total.